The van der Waals surface area contributed by atoms with Gasteiger partial charge in [0.1, 0.15) is 10.6 Å². The third-order valence-electron chi connectivity index (χ3n) is 3.55. The molecule has 0 aliphatic rings. The molecule has 0 radical (unpaired) electrons. The van der Waals surface area contributed by atoms with Crippen LogP contribution in [0.25, 0.3) is 0 Å². The number of nitrogens with zero attached hydrogens (tertiary/aromatic N) is 2. The Morgan fingerprint density at radius 3 is 2.52 bits per heavy atom. The standard InChI is InChI=1S/C19H28ClN5O6/c1-11(2)8-14(23-18(27)31-19(3,4)5)17(21)24-30-10-16(26)22-12-6-7-13(20)15(9-12)25(28)29/h6-7,9,11,14H,8,10H2,1-5H3,(H2,21,24)(H,22,26)(H,23,27). The third-order valence-corrected chi connectivity index (χ3v) is 3.87. The molecule has 0 aromatic heterocycles. The fraction of sp³-hybridized carbons (Fsp3) is 0.526. The molecule has 31 heavy (non-hydrogen) atoms. The van der Waals surface area contributed by atoms with Gasteiger partial charge in [0.15, 0.2) is 12.4 Å². The van der Waals surface area contributed by atoms with Crippen molar-refractivity contribution in [1.29, 1.82) is 0 Å². The molecule has 0 fully saturated rings. The van der Waals surface area contributed by atoms with Crippen molar-refractivity contribution in [3.05, 3.63) is 33.3 Å². The second-order valence-corrected chi connectivity index (χ2v) is 8.50. The van der Waals surface area contributed by atoms with Gasteiger partial charge < -0.3 is 25.9 Å². The fourth-order valence-electron chi connectivity index (χ4n) is 2.33. The summed E-state index contributed by atoms with van der Waals surface area (Å²) >= 11 is 5.73. The number of nitrogens with two attached hydrogens (primary N) is 1. The van der Waals surface area contributed by atoms with E-state index in [-0.39, 0.29) is 28.2 Å². The van der Waals surface area contributed by atoms with E-state index in [1.165, 1.54) is 12.1 Å². The molecule has 1 aromatic rings. The van der Waals surface area contributed by atoms with Crippen LogP contribution in [0.15, 0.2) is 23.4 Å². The largest absolute Gasteiger partial charge is 0.444 e. The van der Waals surface area contributed by atoms with Crippen LogP contribution in [0.1, 0.15) is 41.0 Å². The minimum absolute atomic E-state index is 0.0329. The highest BCUT2D eigenvalue weighted by molar-refractivity contribution is 6.32. The second-order valence-electron chi connectivity index (χ2n) is 8.09. The second kappa shape index (κ2) is 11.3. The molecule has 172 valence electrons. The summed E-state index contributed by atoms with van der Waals surface area (Å²) in [4.78, 5) is 39.3. The Morgan fingerprint density at radius 2 is 1.97 bits per heavy atom. The van der Waals surface area contributed by atoms with Crippen molar-refractivity contribution in [1.82, 2.24) is 5.32 Å². The van der Waals surface area contributed by atoms with E-state index >= 15 is 0 Å². The average Bonchev–Trinajstić information content (AvgIpc) is 2.60. The third kappa shape index (κ3) is 9.98. The number of nitro groups is 1. The number of carbonyl (C=O) groups is 2. The number of hydrogen-bond donors (Lipinski definition) is 3. The average molecular weight is 458 g/mol. The maximum absolute atomic E-state index is 12.0. The molecule has 1 atom stereocenters. The van der Waals surface area contributed by atoms with Crippen molar-refractivity contribution >= 4 is 40.8 Å². The van der Waals surface area contributed by atoms with Gasteiger partial charge in [-0.3, -0.25) is 14.9 Å². The Bertz CT molecular complexity index is 838. The van der Waals surface area contributed by atoms with Crippen LogP contribution in [0.3, 0.4) is 0 Å². The molecule has 12 heteroatoms. The highest BCUT2D eigenvalue weighted by atomic mass is 35.5. The molecule has 0 aliphatic carbocycles. The van der Waals surface area contributed by atoms with Crippen molar-refractivity contribution in [2.45, 2.75) is 52.7 Å². The molecular formula is C19H28ClN5O6. The maximum atomic E-state index is 12.0. The lowest BCUT2D eigenvalue weighted by molar-refractivity contribution is -0.384. The Balaban J connectivity index is 2.70. The number of rotatable bonds is 9. The zero-order valence-electron chi connectivity index (χ0n) is 18.1. The zero-order chi connectivity index (χ0) is 23.8. The van der Waals surface area contributed by atoms with Crippen LogP contribution in [0.4, 0.5) is 16.2 Å². The van der Waals surface area contributed by atoms with Gasteiger partial charge in [-0.25, -0.2) is 4.79 Å². The first kappa shape index (κ1) is 26.0. The van der Waals surface area contributed by atoms with E-state index in [4.69, 9.17) is 26.9 Å². The number of hydrogen-bond acceptors (Lipinski definition) is 7. The van der Waals surface area contributed by atoms with E-state index in [0.717, 1.165) is 6.07 Å². The topological polar surface area (TPSA) is 158 Å². The first-order valence-corrected chi connectivity index (χ1v) is 9.85. The monoisotopic (exact) mass is 457 g/mol. The van der Waals surface area contributed by atoms with Gasteiger partial charge in [0, 0.05) is 11.8 Å². The van der Waals surface area contributed by atoms with Crippen LogP contribution in [0, 0.1) is 16.0 Å². The minimum Gasteiger partial charge on any atom is -0.444 e. The van der Waals surface area contributed by atoms with Crippen LogP contribution >= 0.6 is 11.6 Å². The van der Waals surface area contributed by atoms with E-state index in [1.54, 1.807) is 20.8 Å². The van der Waals surface area contributed by atoms with Gasteiger partial charge in [0.25, 0.3) is 11.6 Å². The molecule has 2 amide bonds. The van der Waals surface area contributed by atoms with Crippen molar-refractivity contribution in [3.8, 4) is 0 Å². The Morgan fingerprint density at radius 1 is 1.32 bits per heavy atom. The van der Waals surface area contributed by atoms with Crippen LogP contribution in [0.2, 0.25) is 5.02 Å². The Kier molecular flexibility index (Phi) is 9.50. The molecule has 1 rings (SSSR count). The molecule has 0 aliphatic heterocycles. The summed E-state index contributed by atoms with van der Waals surface area (Å²) in [5.74, 6) is -0.471. The number of halogens is 1. The van der Waals surface area contributed by atoms with Crippen molar-refractivity contribution in [2.24, 2.45) is 16.8 Å². The molecular weight excluding hydrogens is 430 g/mol. The van der Waals surface area contributed by atoms with Gasteiger partial charge in [-0.2, -0.15) is 0 Å². The molecule has 11 nitrogen and oxygen atoms in total. The van der Waals surface area contributed by atoms with Crippen molar-refractivity contribution in [3.63, 3.8) is 0 Å². The van der Waals surface area contributed by atoms with Crippen LogP contribution in [0.5, 0.6) is 0 Å². The van der Waals surface area contributed by atoms with Crippen molar-refractivity contribution < 1.29 is 24.1 Å². The molecule has 0 spiro atoms. The summed E-state index contributed by atoms with van der Waals surface area (Å²) in [6.07, 6.45) is -0.183. The number of oxime groups is 1. The van der Waals surface area contributed by atoms with Gasteiger partial charge in [-0.05, 0) is 45.2 Å². The molecule has 4 N–H and O–H groups in total. The number of amidine groups is 1. The first-order valence-electron chi connectivity index (χ1n) is 9.47. The summed E-state index contributed by atoms with van der Waals surface area (Å²) in [6.45, 7) is 8.58. The van der Waals surface area contributed by atoms with Gasteiger partial charge in [-0.15, -0.1) is 0 Å². The molecule has 0 bridgehead atoms. The van der Waals surface area contributed by atoms with Gasteiger partial charge in [0.05, 0.1) is 11.0 Å². The van der Waals surface area contributed by atoms with Crippen LogP contribution in [-0.2, 0) is 14.4 Å². The summed E-state index contributed by atoms with van der Waals surface area (Å²) in [7, 11) is 0. The quantitative estimate of drug-likeness (QED) is 0.222. The maximum Gasteiger partial charge on any atom is 0.408 e. The van der Waals surface area contributed by atoms with Gasteiger partial charge >= 0.3 is 6.09 Å². The number of carbonyl (C=O) groups excluding carboxylic acids is 2. The molecule has 0 heterocycles. The summed E-state index contributed by atoms with van der Waals surface area (Å²) in [5.41, 5.74) is 5.08. The first-order chi connectivity index (χ1) is 14.3. The number of alkyl carbamates (subject to hydrolysis) is 1. The predicted octanol–water partition coefficient (Wildman–Crippen LogP) is 3.41. The normalized spacial score (nSPS) is 12.8. The smallest absolute Gasteiger partial charge is 0.408 e. The predicted molar refractivity (Wildman–Crippen MR) is 117 cm³/mol. The highest BCUT2D eigenvalue weighted by Gasteiger charge is 2.23. The Labute approximate surface area is 185 Å². The van der Waals surface area contributed by atoms with Crippen LogP contribution in [-0.4, -0.2) is 41.0 Å². The van der Waals surface area contributed by atoms with E-state index in [1.807, 2.05) is 13.8 Å². The lowest BCUT2D eigenvalue weighted by Crippen LogP contribution is -2.47. The number of anilines is 1. The number of benzene rings is 1. The van der Waals surface area contributed by atoms with Crippen molar-refractivity contribution in [2.75, 3.05) is 11.9 Å². The summed E-state index contributed by atoms with van der Waals surface area (Å²) in [5, 5.41) is 19.6. The number of nitro benzene ring substituents is 1. The van der Waals surface area contributed by atoms with Gasteiger partial charge in [-0.1, -0.05) is 30.6 Å². The number of nitrogens with one attached hydrogen (secondary N) is 2. The number of amides is 2. The van der Waals surface area contributed by atoms with E-state index in [0.29, 0.717) is 6.42 Å². The number of ether oxygens (including phenoxy) is 1. The summed E-state index contributed by atoms with van der Waals surface area (Å²) in [6, 6.07) is 3.18. The summed E-state index contributed by atoms with van der Waals surface area (Å²) < 4.78 is 5.22. The van der Waals surface area contributed by atoms with Gasteiger partial charge in [0.2, 0.25) is 0 Å². The Hall–Kier alpha value is -3.08. The lowest BCUT2D eigenvalue weighted by Gasteiger charge is -2.24. The van der Waals surface area contributed by atoms with E-state index in [9.17, 15) is 19.7 Å². The molecule has 1 unspecified atom stereocenters. The van der Waals surface area contributed by atoms with E-state index < -0.39 is 35.2 Å². The molecule has 0 saturated heterocycles. The zero-order valence-corrected chi connectivity index (χ0v) is 18.9. The van der Waals surface area contributed by atoms with Crippen LogP contribution < -0.4 is 16.4 Å². The SMILES string of the molecule is CC(C)CC(NC(=O)OC(C)(C)C)/C(N)=N/OCC(=O)Nc1ccc(Cl)c([N+](=O)[O-])c1. The highest BCUT2D eigenvalue weighted by Crippen LogP contribution is 2.27. The minimum atomic E-state index is -0.677. The lowest BCUT2D eigenvalue weighted by atomic mass is 10.0. The van der Waals surface area contributed by atoms with E-state index in [2.05, 4.69) is 15.8 Å². The molecule has 1 aromatic carbocycles. The molecule has 0 saturated carbocycles. The fourth-order valence-corrected chi connectivity index (χ4v) is 2.52.